The van der Waals surface area contributed by atoms with Crippen LogP contribution in [0, 0.1) is 15.5 Å². The summed E-state index contributed by atoms with van der Waals surface area (Å²) < 4.78 is 0. The van der Waals surface area contributed by atoms with Gasteiger partial charge in [0, 0.05) is 47.3 Å². The predicted octanol–water partition coefficient (Wildman–Crippen LogP) is 4.76. The molecule has 1 amide bonds. The lowest BCUT2D eigenvalue weighted by Gasteiger charge is -2.42. The third-order valence-electron chi connectivity index (χ3n) is 5.67. The van der Waals surface area contributed by atoms with Crippen LogP contribution in [0.1, 0.15) is 44.6 Å². The number of nitro groups is 1. The van der Waals surface area contributed by atoms with E-state index in [1.54, 1.807) is 23.1 Å². The highest BCUT2D eigenvalue weighted by atomic mass is 16.6. The molecule has 148 valence electrons. The Kier molecular flexibility index (Phi) is 4.57. The Labute approximate surface area is 169 Å². The molecule has 1 aliphatic heterocycles. The molecule has 2 aromatic carbocycles. The summed E-state index contributed by atoms with van der Waals surface area (Å²) >= 11 is 0. The van der Waals surface area contributed by atoms with Crippen LogP contribution in [0.4, 0.5) is 11.4 Å². The van der Waals surface area contributed by atoms with Gasteiger partial charge in [-0.25, -0.2) is 0 Å². The van der Waals surface area contributed by atoms with E-state index in [9.17, 15) is 19.7 Å². The molecular formula is C23H22N2O4. The van der Waals surface area contributed by atoms with Crippen LogP contribution in [0.15, 0.2) is 65.9 Å². The van der Waals surface area contributed by atoms with Crippen LogP contribution in [0.2, 0.25) is 0 Å². The number of carbonyl (C=O) groups excluding carboxylic acids is 2. The van der Waals surface area contributed by atoms with Gasteiger partial charge in [0.2, 0.25) is 5.91 Å². The van der Waals surface area contributed by atoms with E-state index in [2.05, 4.69) is 0 Å². The number of benzene rings is 2. The Balaban J connectivity index is 1.94. The van der Waals surface area contributed by atoms with Gasteiger partial charge in [0.15, 0.2) is 5.78 Å². The number of rotatable bonds is 3. The fourth-order valence-corrected chi connectivity index (χ4v) is 4.51. The molecule has 1 aliphatic carbocycles. The lowest BCUT2D eigenvalue weighted by Crippen LogP contribution is -2.43. The zero-order chi connectivity index (χ0) is 20.8. The summed E-state index contributed by atoms with van der Waals surface area (Å²) in [5.74, 6) is -0.779. The largest absolute Gasteiger partial charge is 0.294 e. The molecule has 2 aromatic rings. The fraction of sp³-hybridized carbons (Fsp3) is 0.304. The normalized spacial score (nSPS) is 21.2. The summed E-state index contributed by atoms with van der Waals surface area (Å²) in [5, 5.41) is 11.6. The van der Waals surface area contributed by atoms with Gasteiger partial charge in [0.25, 0.3) is 5.69 Å². The minimum absolute atomic E-state index is 0.0325. The molecule has 0 saturated carbocycles. The van der Waals surface area contributed by atoms with Crippen molar-refractivity contribution < 1.29 is 14.5 Å². The Morgan fingerprint density at radius 2 is 1.66 bits per heavy atom. The average molecular weight is 390 g/mol. The van der Waals surface area contributed by atoms with Crippen LogP contribution in [0.25, 0.3) is 0 Å². The number of para-hydroxylation sites is 2. The number of carbonyl (C=O) groups is 2. The van der Waals surface area contributed by atoms with Gasteiger partial charge in [-0.2, -0.15) is 0 Å². The van der Waals surface area contributed by atoms with Crippen molar-refractivity contribution in [3.8, 4) is 0 Å². The van der Waals surface area contributed by atoms with Crippen molar-refractivity contribution in [1.29, 1.82) is 0 Å². The third kappa shape index (κ3) is 3.35. The van der Waals surface area contributed by atoms with Gasteiger partial charge in [-0.15, -0.1) is 0 Å². The molecule has 0 radical (unpaired) electrons. The van der Waals surface area contributed by atoms with Crippen LogP contribution < -0.4 is 4.90 Å². The van der Waals surface area contributed by atoms with E-state index < -0.39 is 10.8 Å². The van der Waals surface area contributed by atoms with E-state index in [1.165, 1.54) is 6.07 Å². The number of nitro benzene ring substituents is 1. The van der Waals surface area contributed by atoms with Crippen molar-refractivity contribution in [3.63, 3.8) is 0 Å². The molecule has 0 bridgehead atoms. The van der Waals surface area contributed by atoms with Gasteiger partial charge in [-0.3, -0.25) is 24.6 Å². The van der Waals surface area contributed by atoms with Crippen molar-refractivity contribution >= 4 is 23.1 Å². The van der Waals surface area contributed by atoms with Crippen LogP contribution in [0.3, 0.4) is 0 Å². The van der Waals surface area contributed by atoms with E-state index in [1.807, 2.05) is 44.2 Å². The zero-order valence-corrected chi connectivity index (χ0v) is 16.4. The smallest absolute Gasteiger partial charge is 0.273 e. The highest BCUT2D eigenvalue weighted by Crippen LogP contribution is 2.49. The topological polar surface area (TPSA) is 80.5 Å². The monoisotopic (exact) mass is 390 g/mol. The molecule has 29 heavy (non-hydrogen) atoms. The van der Waals surface area contributed by atoms with Crippen molar-refractivity contribution in [2.24, 2.45) is 5.41 Å². The van der Waals surface area contributed by atoms with E-state index in [0.29, 0.717) is 29.7 Å². The lowest BCUT2D eigenvalue weighted by atomic mass is 9.69. The van der Waals surface area contributed by atoms with Gasteiger partial charge >= 0.3 is 0 Å². The first-order valence-electron chi connectivity index (χ1n) is 9.66. The predicted molar refractivity (Wildman–Crippen MR) is 109 cm³/mol. The second kappa shape index (κ2) is 6.95. The first-order chi connectivity index (χ1) is 13.8. The number of ketones is 1. The third-order valence-corrected chi connectivity index (χ3v) is 5.67. The Morgan fingerprint density at radius 3 is 2.34 bits per heavy atom. The molecule has 1 atom stereocenters. The summed E-state index contributed by atoms with van der Waals surface area (Å²) in [7, 11) is 0. The first-order valence-corrected chi connectivity index (χ1v) is 9.66. The maximum atomic E-state index is 13.2. The van der Waals surface area contributed by atoms with Gasteiger partial charge in [0.05, 0.1) is 4.92 Å². The molecule has 1 unspecified atom stereocenters. The quantitative estimate of drug-likeness (QED) is 0.559. The fourth-order valence-electron chi connectivity index (χ4n) is 4.51. The summed E-state index contributed by atoms with van der Waals surface area (Å²) in [6, 6.07) is 15.7. The zero-order valence-electron chi connectivity index (χ0n) is 16.4. The van der Waals surface area contributed by atoms with E-state index in [-0.39, 0.29) is 29.2 Å². The molecule has 0 spiro atoms. The summed E-state index contributed by atoms with van der Waals surface area (Å²) in [6.07, 6.45) is 0.955. The second-order valence-electron chi connectivity index (χ2n) is 8.44. The standard InChI is InChI=1S/C23H22N2O4/c1-23(2)13-19-22(20(26)14-23)17(16-10-6-7-11-18(16)25(28)29)12-21(27)24(19)15-8-4-3-5-9-15/h3-11,17H,12-14H2,1-2H3. The summed E-state index contributed by atoms with van der Waals surface area (Å²) in [5.41, 5.74) is 2.03. The van der Waals surface area contributed by atoms with Gasteiger partial charge in [-0.05, 0) is 24.0 Å². The number of hydrogen-bond acceptors (Lipinski definition) is 4. The SMILES string of the molecule is CC1(C)CC(=O)C2=C(C1)N(c1ccccc1)C(=O)CC2c1ccccc1[N+](=O)[O-]. The van der Waals surface area contributed by atoms with Crippen LogP contribution >= 0.6 is 0 Å². The van der Waals surface area contributed by atoms with Crippen LogP contribution in [-0.2, 0) is 9.59 Å². The minimum atomic E-state index is -0.595. The van der Waals surface area contributed by atoms with Crippen molar-refractivity contribution in [2.45, 2.75) is 39.0 Å². The summed E-state index contributed by atoms with van der Waals surface area (Å²) in [6.45, 7) is 4.02. The molecular weight excluding hydrogens is 368 g/mol. The molecule has 0 aromatic heterocycles. The average Bonchev–Trinajstić information content (AvgIpc) is 2.67. The number of Topliss-reactive ketones (excluding diaryl/α,β-unsaturated/α-hetero) is 1. The molecule has 0 fully saturated rings. The maximum absolute atomic E-state index is 13.2. The number of allylic oxidation sites excluding steroid dienone is 2. The van der Waals surface area contributed by atoms with Crippen molar-refractivity contribution in [2.75, 3.05) is 4.90 Å². The highest BCUT2D eigenvalue weighted by Gasteiger charge is 2.45. The van der Waals surface area contributed by atoms with Gasteiger partial charge in [0.1, 0.15) is 0 Å². The molecule has 0 N–H and O–H groups in total. The maximum Gasteiger partial charge on any atom is 0.273 e. The first kappa shape index (κ1) is 19.1. The Hall–Kier alpha value is -3.28. The highest BCUT2D eigenvalue weighted by molar-refractivity contribution is 6.08. The van der Waals surface area contributed by atoms with E-state index in [4.69, 9.17) is 0 Å². The molecule has 0 saturated heterocycles. The van der Waals surface area contributed by atoms with Crippen molar-refractivity contribution in [3.05, 3.63) is 81.5 Å². The lowest BCUT2D eigenvalue weighted by molar-refractivity contribution is -0.385. The molecule has 1 heterocycles. The summed E-state index contributed by atoms with van der Waals surface area (Å²) in [4.78, 5) is 39.3. The second-order valence-corrected chi connectivity index (χ2v) is 8.44. The van der Waals surface area contributed by atoms with Crippen molar-refractivity contribution in [1.82, 2.24) is 0 Å². The number of anilines is 1. The Bertz CT molecular complexity index is 1040. The molecule has 4 rings (SSSR count). The van der Waals surface area contributed by atoms with Gasteiger partial charge < -0.3 is 0 Å². The number of nitrogens with zero attached hydrogens (tertiary/aromatic N) is 2. The molecule has 6 nitrogen and oxygen atoms in total. The molecule has 6 heteroatoms. The Morgan fingerprint density at radius 1 is 1.00 bits per heavy atom. The number of amides is 1. The number of hydrogen-bond donors (Lipinski definition) is 0. The van der Waals surface area contributed by atoms with E-state index >= 15 is 0 Å². The minimum Gasteiger partial charge on any atom is -0.294 e. The van der Waals surface area contributed by atoms with Crippen LogP contribution in [0.5, 0.6) is 0 Å². The van der Waals surface area contributed by atoms with E-state index in [0.717, 1.165) is 5.69 Å². The van der Waals surface area contributed by atoms with Crippen LogP contribution in [-0.4, -0.2) is 16.6 Å². The van der Waals surface area contributed by atoms with Gasteiger partial charge in [-0.1, -0.05) is 50.2 Å². The molecule has 2 aliphatic rings.